The molecule has 1 N–H and O–H groups in total. The van der Waals surface area contributed by atoms with E-state index in [0.29, 0.717) is 17.0 Å². The Bertz CT molecular complexity index is 1250. The van der Waals surface area contributed by atoms with E-state index in [1.807, 2.05) is 30.5 Å². The molecule has 0 radical (unpaired) electrons. The van der Waals surface area contributed by atoms with E-state index in [-0.39, 0.29) is 11.4 Å². The smallest absolute Gasteiger partial charge is 0.356 e. The first-order valence-corrected chi connectivity index (χ1v) is 8.31. The number of carboxylic acid groups (broad SMARTS) is 1. The molecular weight excluding hydrogens is 346 g/mol. The molecule has 1 aromatic carbocycles. The maximum atomic E-state index is 12.2. The van der Waals surface area contributed by atoms with Crippen molar-refractivity contribution in [2.24, 2.45) is 7.05 Å². The van der Waals surface area contributed by atoms with Crippen molar-refractivity contribution in [2.45, 2.75) is 13.8 Å². The SMILES string of the molecule is Cc1cn2cc(-c3ccc(-n4c(C)nn(C)c4=O)cc3)cc2c(C(=O)O)n1. The van der Waals surface area contributed by atoms with Gasteiger partial charge in [0.25, 0.3) is 0 Å². The molecule has 4 aromatic rings. The summed E-state index contributed by atoms with van der Waals surface area (Å²) in [6.07, 6.45) is 3.66. The minimum Gasteiger partial charge on any atom is -0.476 e. The molecular formula is C19H17N5O3. The lowest BCUT2D eigenvalue weighted by Gasteiger charge is -2.04. The van der Waals surface area contributed by atoms with Crippen LogP contribution in [0.1, 0.15) is 22.0 Å². The average Bonchev–Trinajstić information content (AvgIpc) is 3.15. The zero-order valence-electron chi connectivity index (χ0n) is 15.0. The first-order valence-electron chi connectivity index (χ1n) is 8.31. The number of hydrogen-bond donors (Lipinski definition) is 1. The molecule has 0 amide bonds. The van der Waals surface area contributed by atoms with Crippen LogP contribution in [-0.2, 0) is 7.05 Å². The van der Waals surface area contributed by atoms with Crippen molar-refractivity contribution in [3.05, 3.63) is 70.4 Å². The Morgan fingerprint density at radius 1 is 1.07 bits per heavy atom. The molecule has 0 spiro atoms. The second kappa shape index (κ2) is 5.94. The first-order chi connectivity index (χ1) is 12.8. The molecule has 0 bridgehead atoms. The maximum absolute atomic E-state index is 12.2. The zero-order chi connectivity index (χ0) is 19.3. The van der Waals surface area contributed by atoms with E-state index in [9.17, 15) is 14.7 Å². The fraction of sp³-hybridized carbons (Fsp3) is 0.158. The quantitative estimate of drug-likeness (QED) is 0.602. The third kappa shape index (κ3) is 2.71. The van der Waals surface area contributed by atoms with Crippen LogP contribution in [0.15, 0.2) is 47.5 Å². The van der Waals surface area contributed by atoms with Gasteiger partial charge in [-0.05, 0) is 37.6 Å². The number of aromatic carboxylic acids is 1. The van der Waals surface area contributed by atoms with E-state index in [0.717, 1.165) is 16.8 Å². The minimum atomic E-state index is -1.06. The molecule has 0 aliphatic rings. The van der Waals surface area contributed by atoms with Crippen molar-refractivity contribution in [3.63, 3.8) is 0 Å². The number of fused-ring (bicyclic) bond motifs is 1. The van der Waals surface area contributed by atoms with E-state index in [1.165, 1.54) is 9.25 Å². The van der Waals surface area contributed by atoms with E-state index in [4.69, 9.17) is 0 Å². The Kier molecular flexibility index (Phi) is 3.69. The van der Waals surface area contributed by atoms with Gasteiger partial charge in [-0.2, -0.15) is 5.10 Å². The summed E-state index contributed by atoms with van der Waals surface area (Å²) in [5, 5.41) is 13.5. The van der Waals surface area contributed by atoms with Gasteiger partial charge in [0.15, 0.2) is 5.69 Å². The van der Waals surface area contributed by atoms with Gasteiger partial charge in [-0.1, -0.05) is 12.1 Å². The molecule has 0 unspecified atom stereocenters. The van der Waals surface area contributed by atoms with Crippen molar-refractivity contribution in [1.82, 2.24) is 23.7 Å². The Morgan fingerprint density at radius 2 is 1.78 bits per heavy atom. The summed E-state index contributed by atoms with van der Waals surface area (Å²) < 4.78 is 4.60. The summed E-state index contributed by atoms with van der Waals surface area (Å²) in [6.45, 7) is 3.53. The Morgan fingerprint density at radius 3 is 2.37 bits per heavy atom. The average molecular weight is 363 g/mol. The van der Waals surface area contributed by atoms with Crippen LogP contribution >= 0.6 is 0 Å². The number of carboxylic acids is 1. The zero-order valence-corrected chi connectivity index (χ0v) is 15.0. The fourth-order valence-electron chi connectivity index (χ4n) is 3.24. The van der Waals surface area contributed by atoms with Gasteiger partial charge in [0, 0.05) is 25.0 Å². The molecule has 136 valence electrons. The summed E-state index contributed by atoms with van der Waals surface area (Å²) in [6, 6.07) is 9.27. The van der Waals surface area contributed by atoms with Crippen molar-refractivity contribution >= 4 is 11.5 Å². The van der Waals surface area contributed by atoms with Gasteiger partial charge in [-0.25, -0.2) is 23.8 Å². The van der Waals surface area contributed by atoms with Gasteiger partial charge >= 0.3 is 11.7 Å². The van der Waals surface area contributed by atoms with Crippen LogP contribution in [-0.4, -0.2) is 34.8 Å². The number of carbonyl (C=O) groups is 1. The summed E-state index contributed by atoms with van der Waals surface area (Å²) in [4.78, 5) is 27.8. The Hall–Kier alpha value is -3.68. The summed E-state index contributed by atoms with van der Waals surface area (Å²) in [7, 11) is 1.61. The van der Waals surface area contributed by atoms with Gasteiger partial charge in [-0.15, -0.1) is 0 Å². The predicted molar refractivity (Wildman–Crippen MR) is 99.4 cm³/mol. The lowest BCUT2D eigenvalue weighted by Crippen LogP contribution is -2.21. The van der Waals surface area contributed by atoms with Gasteiger partial charge in [-0.3, -0.25) is 0 Å². The van der Waals surface area contributed by atoms with E-state index >= 15 is 0 Å². The molecule has 0 fully saturated rings. The highest BCUT2D eigenvalue weighted by Crippen LogP contribution is 2.25. The highest BCUT2D eigenvalue weighted by molar-refractivity contribution is 5.94. The van der Waals surface area contributed by atoms with E-state index in [1.54, 1.807) is 37.6 Å². The van der Waals surface area contributed by atoms with Crippen LogP contribution in [0.2, 0.25) is 0 Å². The van der Waals surface area contributed by atoms with Crippen LogP contribution in [0.25, 0.3) is 22.3 Å². The number of rotatable bonds is 3. The van der Waals surface area contributed by atoms with E-state index < -0.39 is 5.97 Å². The van der Waals surface area contributed by atoms with Gasteiger partial charge in [0.1, 0.15) is 5.82 Å². The summed E-state index contributed by atoms with van der Waals surface area (Å²) >= 11 is 0. The molecule has 27 heavy (non-hydrogen) atoms. The molecule has 0 aliphatic heterocycles. The molecule has 3 aromatic heterocycles. The maximum Gasteiger partial charge on any atom is 0.356 e. The van der Waals surface area contributed by atoms with Crippen molar-refractivity contribution in [1.29, 1.82) is 0 Å². The molecule has 0 saturated heterocycles. The standard InChI is InChI=1S/C19H17N5O3/c1-11-9-23-10-14(8-16(23)17(20-11)18(25)26)13-4-6-15(7-5-13)24-12(2)21-22(3)19(24)27/h4-10H,1-3H3,(H,25,26). The molecule has 0 atom stereocenters. The number of nitrogens with zero attached hydrogens (tertiary/aromatic N) is 5. The largest absolute Gasteiger partial charge is 0.476 e. The summed E-state index contributed by atoms with van der Waals surface area (Å²) in [5.41, 5.74) is 3.48. The first kappa shape index (κ1) is 16.8. The Labute approximate surface area is 153 Å². The number of aryl methyl sites for hydroxylation is 3. The monoisotopic (exact) mass is 363 g/mol. The van der Waals surface area contributed by atoms with Gasteiger partial charge < -0.3 is 9.51 Å². The van der Waals surface area contributed by atoms with Gasteiger partial charge in [0.2, 0.25) is 0 Å². The number of benzene rings is 1. The second-order valence-electron chi connectivity index (χ2n) is 6.39. The van der Waals surface area contributed by atoms with Crippen molar-refractivity contribution in [3.8, 4) is 16.8 Å². The highest BCUT2D eigenvalue weighted by atomic mass is 16.4. The predicted octanol–water partition coefficient (Wildman–Crippen LogP) is 2.20. The van der Waals surface area contributed by atoms with Crippen LogP contribution in [0.5, 0.6) is 0 Å². The lowest BCUT2D eigenvalue weighted by atomic mass is 10.1. The van der Waals surface area contributed by atoms with Crippen molar-refractivity contribution < 1.29 is 9.90 Å². The minimum absolute atomic E-state index is 0.0235. The molecule has 0 aliphatic carbocycles. The third-order valence-corrected chi connectivity index (χ3v) is 4.45. The highest BCUT2D eigenvalue weighted by Gasteiger charge is 2.14. The summed E-state index contributed by atoms with van der Waals surface area (Å²) in [5.74, 6) is -0.451. The van der Waals surface area contributed by atoms with Crippen LogP contribution in [0.3, 0.4) is 0 Å². The normalized spacial score (nSPS) is 11.2. The van der Waals surface area contributed by atoms with Crippen LogP contribution < -0.4 is 5.69 Å². The molecule has 8 nitrogen and oxygen atoms in total. The fourth-order valence-corrected chi connectivity index (χ4v) is 3.24. The molecule has 3 heterocycles. The van der Waals surface area contributed by atoms with E-state index in [2.05, 4.69) is 10.1 Å². The van der Waals surface area contributed by atoms with Crippen molar-refractivity contribution in [2.75, 3.05) is 0 Å². The molecule has 8 heteroatoms. The second-order valence-corrected chi connectivity index (χ2v) is 6.39. The lowest BCUT2D eigenvalue weighted by molar-refractivity contribution is 0.0692. The third-order valence-electron chi connectivity index (χ3n) is 4.45. The Balaban J connectivity index is 1.80. The topological polar surface area (TPSA) is 94.4 Å². The van der Waals surface area contributed by atoms with Crippen LogP contribution in [0.4, 0.5) is 0 Å². The van der Waals surface area contributed by atoms with Gasteiger partial charge in [0.05, 0.1) is 16.9 Å². The van der Waals surface area contributed by atoms with Crippen LogP contribution in [0, 0.1) is 13.8 Å². The molecule has 0 saturated carbocycles. The number of aromatic nitrogens is 5. The molecule has 4 rings (SSSR count). The number of hydrogen-bond acceptors (Lipinski definition) is 4.